The monoisotopic (exact) mass is 712 g/mol. The summed E-state index contributed by atoms with van der Waals surface area (Å²) in [6.45, 7) is -2.65. The molecule has 0 saturated carbocycles. The molecular weight excluding hydrogens is 672 g/mol. The Hall–Kier alpha value is -3.31. The highest BCUT2D eigenvalue weighted by molar-refractivity contribution is 6.08. The van der Waals surface area contributed by atoms with Crippen molar-refractivity contribution in [1.29, 1.82) is 0 Å². The van der Waals surface area contributed by atoms with Crippen LogP contribution in [0.3, 0.4) is 0 Å². The number of benzene rings is 2. The van der Waals surface area contributed by atoms with Gasteiger partial charge in [-0.1, -0.05) is 18.2 Å². The van der Waals surface area contributed by atoms with Gasteiger partial charge < -0.3 is 84.6 Å². The molecule has 3 fully saturated rings. The highest BCUT2D eigenvalue weighted by Gasteiger charge is 2.53. The van der Waals surface area contributed by atoms with Crippen molar-refractivity contribution in [1.82, 2.24) is 0 Å². The van der Waals surface area contributed by atoms with Crippen LogP contribution in [0.1, 0.15) is 15.9 Å². The molecule has 3 saturated heterocycles. The highest BCUT2D eigenvalue weighted by atomic mass is 16.8. The second-order valence-electron chi connectivity index (χ2n) is 12.1. The Morgan fingerprint density at radius 3 is 1.98 bits per heavy atom. The summed E-state index contributed by atoms with van der Waals surface area (Å²) in [7, 11) is 0. The first-order valence-corrected chi connectivity index (χ1v) is 15.5. The third kappa shape index (κ3) is 7.93. The average molecular weight is 713 g/mol. The summed E-state index contributed by atoms with van der Waals surface area (Å²) in [6.07, 6.45) is -15.8. The van der Waals surface area contributed by atoms with Gasteiger partial charge in [0.05, 0.1) is 32.0 Å². The van der Waals surface area contributed by atoms with Gasteiger partial charge >= 0.3 is 0 Å². The number of allylic oxidation sites excluding steroid dienone is 1. The number of aliphatic hydroxyl groups excluding tert-OH is 9. The Morgan fingerprint density at radius 1 is 0.780 bits per heavy atom. The highest BCUT2D eigenvalue weighted by Crippen LogP contribution is 2.33. The van der Waals surface area contributed by atoms with Crippen LogP contribution in [0.15, 0.2) is 48.5 Å². The number of hydrogen-bond acceptors (Lipinski definition) is 18. The number of ketones is 1. The Bertz CT molecular complexity index is 1470. The zero-order valence-corrected chi connectivity index (χ0v) is 26.2. The molecule has 0 amide bonds. The topological polar surface area (TPSA) is 295 Å². The molecule has 50 heavy (non-hydrogen) atoms. The van der Waals surface area contributed by atoms with Gasteiger partial charge in [-0.2, -0.15) is 0 Å². The average Bonchev–Trinajstić information content (AvgIpc) is 3.40. The first-order valence-electron chi connectivity index (χ1n) is 15.5. The van der Waals surface area contributed by atoms with Crippen LogP contribution >= 0.6 is 0 Å². The van der Waals surface area contributed by atoms with Gasteiger partial charge in [0.25, 0.3) is 0 Å². The van der Waals surface area contributed by atoms with Gasteiger partial charge in [0, 0.05) is 6.07 Å². The van der Waals surface area contributed by atoms with E-state index in [9.17, 15) is 61.0 Å². The van der Waals surface area contributed by atoms with E-state index in [0.29, 0.717) is 5.56 Å². The van der Waals surface area contributed by atoms with Crippen molar-refractivity contribution in [2.45, 2.75) is 79.4 Å². The maximum atomic E-state index is 12.8. The number of rotatable bonds is 12. The van der Waals surface area contributed by atoms with Crippen molar-refractivity contribution in [3.05, 3.63) is 59.7 Å². The van der Waals surface area contributed by atoms with E-state index < -0.39 is 117 Å². The van der Waals surface area contributed by atoms with E-state index in [0.717, 1.165) is 6.07 Å². The number of carbonyl (C=O) groups is 1. The predicted octanol–water partition coefficient (Wildman–Crippen LogP) is -3.89. The van der Waals surface area contributed by atoms with Gasteiger partial charge in [0.2, 0.25) is 12.6 Å². The van der Waals surface area contributed by atoms with Crippen LogP contribution in [0.25, 0.3) is 6.08 Å². The Kier molecular flexibility index (Phi) is 12.1. The van der Waals surface area contributed by atoms with Crippen LogP contribution in [-0.2, 0) is 18.9 Å². The molecule has 0 aromatic heterocycles. The first kappa shape index (κ1) is 37.9. The number of aliphatic hydroxyl groups is 10. The van der Waals surface area contributed by atoms with Crippen molar-refractivity contribution in [3.63, 3.8) is 0 Å². The molecule has 2 aromatic carbocycles. The zero-order valence-electron chi connectivity index (χ0n) is 26.2. The summed E-state index contributed by atoms with van der Waals surface area (Å²) in [5, 5.41) is 111. The summed E-state index contributed by atoms with van der Waals surface area (Å²) in [6, 6.07) is 9.70. The number of hydrogen-bond donors (Lipinski definition) is 11. The zero-order chi connectivity index (χ0) is 36.3. The lowest BCUT2D eigenvalue weighted by molar-refractivity contribution is -0.318. The third-order valence-corrected chi connectivity index (χ3v) is 8.59. The molecule has 3 heterocycles. The molecule has 2 aromatic rings. The third-order valence-electron chi connectivity index (χ3n) is 8.59. The van der Waals surface area contributed by atoms with Crippen molar-refractivity contribution in [3.8, 4) is 17.2 Å². The summed E-state index contributed by atoms with van der Waals surface area (Å²) in [5.74, 6) is -0.937. The lowest BCUT2D eigenvalue weighted by Gasteiger charge is -2.42. The number of carbonyl (C=O) groups excluding carboxylic acids is 1. The predicted molar refractivity (Wildman–Crippen MR) is 163 cm³/mol. The van der Waals surface area contributed by atoms with Gasteiger partial charge in [-0.05, 0) is 35.9 Å². The minimum Gasteiger partial charge on any atom is -0.507 e. The lowest BCUT2D eigenvalue weighted by Crippen LogP contribution is -2.62. The molecule has 0 radical (unpaired) electrons. The fraction of sp³-hybridized carbons (Fsp3) is 0.531. The van der Waals surface area contributed by atoms with E-state index in [4.69, 9.17) is 28.4 Å². The molecule has 18 nitrogen and oxygen atoms in total. The molecule has 11 N–H and O–H groups in total. The molecule has 13 atom stereocenters. The van der Waals surface area contributed by atoms with Gasteiger partial charge in [-0.25, -0.2) is 0 Å². The molecule has 0 aliphatic carbocycles. The Labute approximate surface area is 284 Å². The molecule has 5 unspecified atom stereocenters. The van der Waals surface area contributed by atoms with E-state index in [1.165, 1.54) is 36.4 Å². The summed E-state index contributed by atoms with van der Waals surface area (Å²) < 4.78 is 33.0. The minimum absolute atomic E-state index is 0.0384. The van der Waals surface area contributed by atoms with Crippen LogP contribution < -0.4 is 9.47 Å². The summed E-state index contributed by atoms with van der Waals surface area (Å²) in [5.41, 5.74) is -1.61. The maximum absolute atomic E-state index is 12.8. The number of phenols is 1. The van der Waals surface area contributed by atoms with Gasteiger partial charge in [-0.15, -0.1) is 0 Å². The Balaban J connectivity index is 1.22. The number of aromatic hydroxyl groups is 1. The summed E-state index contributed by atoms with van der Waals surface area (Å²) >= 11 is 0. The second kappa shape index (κ2) is 15.9. The largest absolute Gasteiger partial charge is 0.507 e. The second-order valence-corrected chi connectivity index (χ2v) is 12.1. The minimum atomic E-state index is -2.02. The van der Waals surface area contributed by atoms with E-state index in [2.05, 4.69) is 0 Å². The first-order chi connectivity index (χ1) is 23.8. The normalized spacial score (nSPS) is 37.6. The molecule has 0 bridgehead atoms. The van der Waals surface area contributed by atoms with Crippen molar-refractivity contribution >= 4 is 11.9 Å². The van der Waals surface area contributed by atoms with Crippen LogP contribution in [0.5, 0.6) is 17.2 Å². The molecular formula is C32H40O18. The van der Waals surface area contributed by atoms with Gasteiger partial charge in [0.15, 0.2) is 18.2 Å². The maximum Gasteiger partial charge on any atom is 0.229 e. The smallest absolute Gasteiger partial charge is 0.229 e. The fourth-order valence-corrected chi connectivity index (χ4v) is 5.51. The van der Waals surface area contributed by atoms with E-state index in [1.54, 1.807) is 12.1 Å². The van der Waals surface area contributed by atoms with E-state index in [1.807, 2.05) is 0 Å². The molecule has 0 spiro atoms. The SMILES string of the molecule is O=C(/C=C/c1ccc(O[C@@H]2OC(CO)[C@@H](O)[C@H](O)C2O[C@@H]2OCC(O)(CO)[C@@H]2O)cc1)c1ccc(O[C@@H]2OC(CO)[C@@H](O)[C@H](O)C2O)cc1O. The van der Waals surface area contributed by atoms with Crippen LogP contribution in [0.2, 0.25) is 0 Å². The van der Waals surface area contributed by atoms with Crippen molar-refractivity contribution in [2.75, 3.05) is 26.4 Å². The lowest BCUT2D eigenvalue weighted by atomic mass is 9.98. The van der Waals surface area contributed by atoms with Gasteiger partial charge in [0.1, 0.15) is 71.7 Å². The standard InChI is InChI=1S/C32H40O18/c33-10-20-22(38)24(40)26(42)29(48-20)47-16-6-7-17(19(37)9-16)18(36)8-3-14-1-4-15(5-2-14)46-30-27(25(41)23(39)21(11-34)49-30)50-31-28(43)32(44,12-35)13-45-31/h1-9,20-31,33-35,37-44H,10-13H2/b8-3+/t20?,21?,22-,23-,24+,25+,26?,27?,28-,29-,30-,31+,32?/m1/s1. The quantitative estimate of drug-likeness (QED) is 0.0741. The van der Waals surface area contributed by atoms with Crippen LogP contribution in [-0.4, -0.2) is 168 Å². The van der Waals surface area contributed by atoms with E-state index >= 15 is 0 Å². The molecule has 3 aliphatic rings. The molecule has 5 rings (SSSR count). The van der Waals surface area contributed by atoms with E-state index in [-0.39, 0.29) is 17.1 Å². The summed E-state index contributed by atoms with van der Waals surface area (Å²) in [4.78, 5) is 12.8. The van der Waals surface area contributed by atoms with Crippen molar-refractivity contribution in [2.24, 2.45) is 0 Å². The van der Waals surface area contributed by atoms with Crippen LogP contribution in [0, 0.1) is 0 Å². The van der Waals surface area contributed by atoms with Crippen LogP contribution in [0.4, 0.5) is 0 Å². The molecule has 276 valence electrons. The molecule has 3 aliphatic heterocycles. The van der Waals surface area contributed by atoms with Gasteiger partial charge in [-0.3, -0.25) is 4.79 Å². The number of phenolic OH excluding ortho intramolecular Hbond substituents is 1. The van der Waals surface area contributed by atoms with Crippen molar-refractivity contribution < 1.29 is 89.4 Å². The fourth-order valence-electron chi connectivity index (χ4n) is 5.51. The molecule has 18 heteroatoms. The number of ether oxygens (including phenoxy) is 6. The Morgan fingerprint density at radius 2 is 1.38 bits per heavy atom.